The molecule has 0 saturated heterocycles. The van der Waals surface area contributed by atoms with E-state index in [0.29, 0.717) is 0 Å². The molecule has 2 aromatic rings. The topological polar surface area (TPSA) is 12.4 Å². The largest absolute Gasteiger partial charge is 0.281 e. The van der Waals surface area contributed by atoms with Gasteiger partial charge in [-0.3, -0.25) is 4.99 Å². The molecule has 0 aromatic heterocycles. The van der Waals surface area contributed by atoms with Crippen molar-refractivity contribution in [2.45, 2.75) is 19.9 Å². The SMILES string of the molecule is CC1=CC(c2cc(-c3ccccc3)ccc2C)N=C1. The Balaban J connectivity index is 2.04. The van der Waals surface area contributed by atoms with E-state index in [-0.39, 0.29) is 6.04 Å². The monoisotopic (exact) mass is 247 g/mol. The molecule has 3 rings (SSSR count). The molecule has 1 aliphatic rings. The second kappa shape index (κ2) is 4.85. The van der Waals surface area contributed by atoms with Gasteiger partial charge in [-0.05, 0) is 47.7 Å². The van der Waals surface area contributed by atoms with Crippen LogP contribution in [0.1, 0.15) is 24.1 Å². The van der Waals surface area contributed by atoms with Gasteiger partial charge in [0.05, 0.1) is 6.04 Å². The fraction of sp³-hybridized carbons (Fsp3) is 0.167. The maximum absolute atomic E-state index is 4.56. The molecule has 2 aromatic carbocycles. The van der Waals surface area contributed by atoms with Gasteiger partial charge in [0.2, 0.25) is 0 Å². The van der Waals surface area contributed by atoms with Gasteiger partial charge in [-0.25, -0.2) is 0 Å². The first-order valence-corrected chi connectivity index (χ1v) is 6.61. The highest BCUT2D eigenvalue weighted by Gasteiger charge is 2.14. The molecule has 0 bridgehead atoms. The summed E-state index contributed by atoms with van der Waals surface area (Å²) >= 11 is 0. The van der Waals surface area contributed by atoms with Crippen LogP contribution in [0.5, 0.6) is 0 Å². The third-order valence-electron chi connectivity index (χ3n) is 3.56. The molecule has 0 radical (unpaired) electrons. The molecule has 1 unspecified atom stereocenters. The van der Waals surface area contributed by atoms with Crippen LogP contribution in [0.15, 0.2) is 65.2 Å². The lowest BCUT2D eigenvalue weighted by Crippen LogP contribution is -1.94. The van der Waals surface area contributed by atoms with Crippen LogP contribution in [-0.4, -0.2) is 6.21 Å². The van der Waals surface area contributed by atoms with E-state index in [0.717, 1.165) is 0 Å². The number of nitrogens with zero attached hydrogens (tertiary/aromatic N) is 1. The van der Waals surface area contributed by atoms with Crippen LogP contribution < -0.4 is 0 Å². The van der Waals surface area contributed by atoms with Crippen LogP contribution in [-0.2, 0) is 0 Å². The van der Waals surface area contributed by atoms with Gasteiger partial charge in [0.25, 0.3) is 0 Å². The van der Waals surface area contributed by atoms with Gasteiger partial charge in [-0.2, -0.15) is 0 Å². The number of benzene rings is 2. The van der Waals surface area contributed by atoms with Crippen LogP contribution in [0, 0.1) is 6.92 Å². The third kappa shape index (κ3) is 2.37. The van der Waals surface area contributed by atoms with Crippen molar-refractivity contribution in [3.05, 3.63) is 71.3 Å². The van der Waals surface area contributed by atoms with E-state index >= 15 is 0 Å². The number of rotatable bonds is 2. The van der Waals surface area contributed by atoms with Crippen LogP contribution in [0.25, 0.3) is 11.1 Å². The number of aliphatic imine (C=N–C) groups is 1. The molecule has 94 valence electrons. The van der Waals surface area contributed by atoms with Crippen LogP contribution in [0.3, 0.4) is 0 Å². The highest BCUT2D eigenvalue weighted by Crippen LogP contribution is 2.30. The second-order valence-electron chi connectivity index (χ2n) is 5.07. The molecule has 1 nitrogen and oxygen atoms in total. The molecule has 1 heterocycles. The molecule has 1 heteroatoms. The zero-order chi connectivity index (χ0) is 13.2. The maximum Gasteiger partial charge on any atom is 0.0939 e. The molecule has 1 aliphatic heterocycles. The van der Waals surface area contributed by atoms with Crippen LogP contribution in [0.4, 0.5) is 0 Å². The second-order valence-corrected chi connectivity index (χ2v) is 5.07. The summed E-state index contributed by atoms with van der Waals surface area (Å²) in [7, 11) is 0. The summed E-state index contributed by atoms with van der Waals surface area (Å²) in [5.74, 6) is 0. The van der Waals surface area contributed by atoms with E-state index in [2.05, 4.69) is 67.4 Å². The normalized spacial score (nSPS) is 17.6. The Morgan fingerprint density at radius 3 is 2.37 bits per heavy atom. The van der Waals surface area contributed by atoms with E-state index in [1.807, 2.05) is 12.3 Å². The lowest BCUT2D eigenvalue weighted by Gasteiger charge is -2.12. The van der Waals surface area contributed by atoms with Gasteiger partial charge in [-0.15, -0.1) is 0 Å². The zero-order valence-corrected chi connectivity index (χ0v) is 11.3. The molecule has 0 saturated carbocycles. The molecule has 19 heavy (non-hydrogen) atoms. The highest BCUT2D eigenvalue weighted by molar-refractivity contribution is 5.81. The lowest BCUT2D eigenvalue weighted by atomic mass is 9.95. The standard InChI is InChI=1S/C18H17N/c1-13-10-18(19-12-13)17-11-16(9-8-14(17)2)15-6-4-3-5-7-15/h3-12,18H,1-2H3. The van der Waals surface area contributed by atoms with E-state index in [9.17, 15) is 0 Å². The summed E-state index contributed by atoms with van der Waals surface area (Å²) in [6, 6.07) is 17.3. The van der Waals surface area contributed by atoms with Gasteiger partial charge in [0.15, 0.2) is 0 Å². The lowest BCUT2D eigenvalue weighted by molar-refractivity contribution is 0.921. The Hall–Kier alpha value is -2.15. The van der Waals surface area contributed by atoms with Crippen molar-refractivity contribution in [2.75, 3.05) is 0 Å². The molecule has 0 spiro atoms. The zero-order valence-electron chi connectivity index (χ0n) is 11.3. The minimum Gasteiger partial charge on any atom is -0.281 e. The molecule has 0 N–H and O–H groups in total. The summed E-state index contributed by atoms with van der Waals surface area (Å²) in [5.41, 5.74) is 6.36. The van der Waals surface area contributed by atoms with Crippen molar-refractivity contribution in [2.24, 2.45) is 4.99 Å². The highest BCUT2D eigenvalue weighted by atomic mass is 14.8. The number of hydrogen-bond donors (Lipinski definition) is 0. The number of allylic oxidation sites excluding steroid dienone is 1. The van der Waals surface area contributed by atoms with Gasteiger partial charge >= 0.3 is 0 Å². The first kappa shape index (κ1) is 11.9. The Kier molecular flexibility index (Phi) is 3.04. The molecule has 0 aliphatic carbocycles. The molecular weight excluding hydrogens is 230 g/mol. The molecule has 0 amide bonds. The summed E-state index contributed by atoms with van der Waals surface area (Å²) < 4.78 is 0. The summed E-state index contributed by atoms with van der Waals surface area (Å²) in [6.45, 7) is 4.25. The van der Waals surface area contributed by atoms with E-state index < -0.39 is 0 Å². The summed E-state index contributed by atoms with van der Waals surface area (Å²) in [5, 5.41) is 0. The first-order chi connectivity index (χ1) is 9.24. The van der Waals surface area contributed by atoms with Crippen molar-refractivity contribution in [1.82, 2.24) is 0 Å². The van der Waals surface area contributed by atoms with Crippen molar-refractivity contribution in [1.29, 1.82) is 0 Å². The maximum atomic E-state index is 4.56. The van der Waals surface area contributed by atoms with Crippen molar-refractivity contribution in [3.63, 3.8) is 0 Å². The quantitative estimate of drug-likeness (QED) is 0.727. The molecule has 1 atom stereocenters. The number of hydrogen-bond acceptors (Lipinski definition) is 1. The third-order valence-corrected chi connectivity index (χ3v) is 3.56. The Morgan fingerprint density at radius 1 is 0.895 bits per heavy atom. The Bertz CT molecular complexity index is 651. The minimum absolute atomic E-state index is 0.184. The molecule has 0 fully saturated rings. The van der Waals surface area contributed by atoms with Gasteiger partial charge < -0.3 is 0 Å². The van der Waals surface area contributed by atoms with Crippen LogP contribution in [0.2, 0.25) is 0 Å². The van der Waals surface area contributed by atoms with Crippen LogP contribution >= 0.6 is 0 Å². The number of aryl methyl sites for hydroxylation is 1. The Labute approximate surface area is 114 Å². The van der Waals surface area contributed by atoms with E-state index in [4.69, 9.17) is 0 Å². The van der Waals surface area contributed by atoms with Crippen molar-refractivity contribution >= 4 is 6.21 Å². The average Bonchev–Trinajstić information content (AvgIpc) is 2.87. The van der Waals surface area contributed by atoms with Gasteiger partial charge in [-0.1, -0.05) is 48.5 Å². The predicted molar refractivity (Wildman–Crippen MR) is 81.6 cm³/mol. The van der Waals surface area contributed by atoms with E-state index in [1.165, 1.54) is 27.8 Å². The van der Waals surface area contributed by atoms with Gasteiger partial charge in [0, 0.05) is 6.21 Å². The van der Waals surface area contributed by atoms with Crippen molar-refractivity contribution < 1.29 is 0 Å². The summed E-state index contributed by atoms with van der Waals surface area (Å²) in [6.07, 6.45) is 4.18. The van der Waals surface area contributed by atoms with E-state index in [1.54, 1.807) is 0 Å². The average molecular weight is 247 g/mol. The first-order valence-electron chi connectivity index (χ1n) is 6.61. The van der Waals surface area contributed by atoms with Crippen molar-refractivity contribution in [3.8, 4) is 11.1 Å². The van der Waals surface area contributed by atoms with Gasteiger partial charge in [0.1, 0.15) is 0 Å². The Morgan fingerprint density at radius 2 is 1.68 bits per heavy atom. The molecular formula is C18H17N. The minimum atomic E-state index is 0.184. The fourth-order valence-corrected chi connectivity index (χ4v) is 2.47. The summed E-state index contributed by atoms with van der Waals surface area (Å²) in [4.78, 5) is 4.56. The fourth-order valence-electron chi connectivity index (χ4n) is 2.47. The predicted octanol–water partition coefficient (Wildman–Crippen LogP) is 4.73. The smallest absolute Gasteiger partial charge is 0.0939 e.